The highest BCUT2D eigenvalue weighted by molar-refractivity contribution is 5.71. The molecule has 0 aromatic rings. The molecule has 0 rings (SSSR count). The van der Waals surface area contributed by atoms with E-state index in [0.29, 0.717) is 92.5 Å². The fraction of sp³-hybridized carbons (Fsp3) is 0.952. The van der Waals surface area contributed by atoms with Crippen molar-refractivity contribution in [1.29, 1.82) is 0 Å². The Morgan fingerprint density at radius 1 is 0.533 bits per heavy atom. The van der Waals surface area contributed by atoms with Gasteiger partial charge in [-0.3, -0.25) is 4.79 Å². The normalized spacial score (nSPS) is 12.2. The summed E-state index contributed by atoms with van der Waals surface area (Å²) in [5.41, 5.74) is 0. The second-order valence-corrected chi connectivity index (χ2v) is 6.35. The van der Waals surface area contributed by atoms with E-state index >= 15 is 0 Å². The summed E-state index contributed by atoms with van der Waals surface area (Å²) in [5.74, 6) is -0.238. The van der Waals surface area contributed by atoms with Crippen LogP contribution >= 0.6 is 0 Å². The number of hydrogen-bond acceptors (Lipinski definition) is 9. The fourth-order valence-corrected chi connectivity index (χ4v) is 1.97. The molecule has 0 N–H and O–H groups in total. The van der Waals surface area contributed by atoms with Gasteiger partial charge in [0.05, 0.1) is 91.8 Å². The molecule has 0 bridgehead atoms. The van der Waals surface area contributed by atoms with Gasteiger partial charge in [-0.25, -0.2) is 0 Å². The minimum Gasteiger partial charge on any atom is -0.463 e. The molecule has 180 valence electrons. The zero-order chi connectivity index (χ0) is 22.1. The molecule has 0 radical (unpaired) electrons. The van der Waals surface area contributed by atoms with E-state index in [2.05, 4.69) is 0 Å². The minimum absolute atomic E-state index is 0.0617. The van der Waals surface area contributed by atoms with E-state index in [1.54, 1.807) is 0 Å². The minimum atomic E-state index is -0.176. The van der Waals surface area contributed by atoms with Crippen molar-refractivity contribution in [2.45, 2.75) is 27.2 Å². The van der Waals surface area contributed by atoms with Crippen LogP contribution in [0.2, 0.25) is 0 Å². The molecule has 0 aromatic heterocycles. The Morgan fingerprint density at radius 3 is 1.13 bits per heavy atom. The average Bonchev–Trinajstić information content (AvgIpc) is 2.76. The van der Waals surface area contributed by atoms with Crippen LogP contribution < -0.4 is 0 Å². The maximum absolute atomic E-state index is 11.4. The van der Waals surface area contributed by atoms with Gasteiger partial charge in [-0.05, 0) is 13.3 Å². The average molecular weight is 439 g/mol. The second-order valence-electron chi connectivity index (χ2n) is 6.35. The summed E-state index contributed by atoms with van der Waals surface area (Å²) in [6, 6.07) is 0. The lowest BCUT2D eigenvalue weighted by atomic mass is 10.1. The Kier molecular flexibility index (Phi) is 23.8. The van der Waals surface area contributed by atoms with Crippen molar-refractivity contribution < 1.29 is 42.7 Å². The van der Waals surface area contributed by atoms with Crippen LogP contribution in [0.3, 0.4) is 0 Å². The molecule has 0 aliphatic heterocycles. The van der Waals surface area contributed by atoms with Crippen LogP contribution in [0.1, 0.15) is 27.2 Å². The topological polar surface area (TPSA) is 90.9 Å². The van der Waals surface area contributed by atoms with Crippen molar-refractivity contribution in [3.63, 3.8) is 0 Å². The first-order valence-corrected chi connectivity index (χ1v) is 10.9. The molecule has 0 amide bonds. The molecule has 9 heteroatoms. The quantitative estimate of drug-likeness (QED) is 0.165. The highest BCUT2D eigenvalue weighted by Crippen LogP contribution is 2.02. The Hall–Kier alpha value is -0.810. The summed E-state index contributed by atoms with van der Waals surface area (Å²) in [6.45, 7) is 13.5. The van der Waals surface area contributed by atoms with E-state index in [9.17, 15) is 4.79 Å². The molecule has 0 aliphatic rings. The highest BCUT2D eigenvalue weighted by atomic mass is 16.6. The third-order valence-corrected chi connectivity index (χ3v) is 3.92. The van der Waals surface area contributed by atoms with Crippen molar-refractivity contribution in [1.82, 2.24) is 0 Å². The molecule has 0 aromatic carbocycles. The third kappa shape index (κ3) is 21.9. The van der Waals surface area contributed by atoms with Crippen LogP contribution in [0.4, 0.5) is 0 Å². The molecule has 30 heavy (non-hydrogen) atoms. The third-order valence-electron chi connectivity index (χ3n) is 3.92. The molecule has 0 aliphatic carbocycles. The van der Waals surface area contributed by atoms with Gasteiger partial charge in [-0.2, -0.15) is 0 Å². The van der Waals surface area contributed by atoms with Gasteiger partial charge in [0.1, 0.15) is 6.61 Å². The Labute approximate surface area is 181 Å². The lowest BCUT2D eigenvalue weighted by Crippen LogP contribution is -2.18. The predicted octanol–water partition coefficient (Wildman–Crippen LogP) is 1.71. The van der Waals surface area contributed by atoms with Crippen molar-refractivity contribution >= 4 is 5.97 Å². The standard InChI is InChI=1S/C21H42O9/c1-4-20(3)21(22)30-19-18-29-17-16-28-15-14-27-13-12-26-11-10-25-9-8-24-7-6-23-5-2/h20H,4-19H2,1-3H3. The van der Waals surface area contributed by atoms with Gasteiger partial charge in [0.2, 0.25) is 0 Å². The molecule has 0 fully saturated rings. The predicted molar refractivity (Wildman–Crippen MR) is 112 cm³/mol. The van der Waals surface area contributed by atoms with Gasteiger partial charge >= 0.3 is 5.97 Å². The summed E-state index contributed by atoms with van der Waals surface area (Å²) in [7, 11) is 0. The van der Waals surface area contributed by atoms with Crippen molar-refractivity contribution in [2.24, 2.45) is 5.92 Å². The zero-order valence-corrected chi connectivity index (χ0v) is 19.1. The SMILES string of the molecule is CCOCCOCCOCCOCCOCCOCCOCCOC(=O)C(C)CC. The number of rotatable bonds is 24. The summed E-state index contributed by atoms with van der Waals surface area (Å²) in [5, 5.41) is 0. The van der Waals surface area contributed by atoms with Crippen LogP contribution in [0, 0.1) is 5.92 Å². The lowest BCUT2D eigenvalue weighted by molar-refractivity contribution is -0.149. The van der Waals surface area contributed by atoms with Gasteiger partial charge in [0.15, 0.2) is 0 Å². The van der Waals surface area contributed by atoms with Crippen LogP contribution in [0.5, 0.6) is 0 Å². The summed E-state index contributed by atoms with van der Waals surface area (Å²) in [4.78, 5) is 11.4. The van der Waals surface area contributed by atoms with Crippen LogP contribution in [-0.2, 0) is 42.7 Å². The molecule has 1 atom stereocenters. The summed E-state index contributed by atoms with van der Waals surface area (Å²) < 4.78 is 42.5. The zero-order valence-electron chi connectivity index (χ0n) is 19.1. The first-order valence-electron chi connectivity index (χ1n) is 10.9. The molecule has 9 nitrogen and oxygen atoms in total. The number of carbonyl (C=O) groups is 1. The maximum Gasteiger partial charge on any atom is 0.308 e. The van der Waals surface area contributed by atoms with Crippen LogP contribution in [-0.4, -0.2) is 105 Å². The maximum atomic E-state index is 11.4. The number of hydrogen-bond donors (Lipinski definition) is 0. The van der Waals surface area contributed by atoms with E-state index in [-0.39, 0.29) is 18.5 Å². The smallest absolute Gasteiger partial charge is 0.308 e. The van der Waals surface area contributed by atoms with Gasteiger partial charge in [0.25, 0.3) is 0 Å². The van der Waals surface area contributed by atoms with Gasteiger partial charge in [-0.1, -0.05) is 13.8 Å². The van der Waals surface area contributed by atoms with Crippen molar-refractivity contribution in [2.75, 3.05) is 99.1 Å². The monoisotopic (exact) mass is 438 g/mol. The van der Waals surface area contributed by atoms with Crippen molar-refractivity contribution in [3.05, 3.63) is 0 Å². The van der Waals surface area contributed by atoms with Gasteiger partial charge < -0.3 is 37.9 Å². The lowest BCUT2D eigenvalue weighted by Gasteiger charge is -2.10. The van der Waals surface area contributed by atoms with E-state index in [1.165, 1.54) is 0 Å². The first kappa shape index (κ1) is 29.2. The first-order chi connectivity index (χ1) is 14.7. The second kappa shape index (κ2) is 24.5. The summed E-state index contributed by atoms with van der Waals surface area (Å²) in [6.07, 6.45) is 0.780. The summed E-state index contributed by atoms with van der Waals surface area (Å²) >= 11 is 0. The van der Waals surface area contributed by atoms with Crippen molar-refractivity contribution in [3.8, 4) is 0 Å². The molecule has 0 saturated carbocycles. The molecule has 0 heterocycles. The van der Waals surface area contributed by atoms with Crippen LogP contribution in [0.25, 0.3) is 0 Å². The number of ether oxygens (including phenoxy) is 8. The van der Waals surface area contributed by atoms with E-state index < -0.39 is 0 Å². The number of esters is 1. The molecule has 0 spiro atoms. The molecular weight excluding hydrogens is 396 g/mol. The largest absolute Gasteiger partial charge is 0.463 e. The Bertz CT molecular complexity index is 355. The molecule has 1 unspecified atom stereocenters. The number of carbonyl (C=O) groups excluding carboxylic acids is 1. The van der Waals surface area contributed by atoms with Gasteiger partial charge in [0, 0.05) is 6.61 Å². The molecule has 0 saturated heterocycles. The Morgan fingerprint density at radius 2 is 0.833 bits per heavy atom. The highest BCUT2D eigenvalue weighted by Gasteiger charge is 2.10. The van der Waals surface area contributed by atoms with E-state index in [4.69, 9.17) is 37.9 Å². The molecular formula is C21H42O9. The van der Waals surface area contributed by atoms with E-state index in [1.807, 2.05) is 20.8 Å². The van der Waals surface area contributed by atoms with Gasteiger partial charge in [-0.15, -0.1) is 0 Å². The van der Waals surface area contributed by atoms with E-state index in [0.717, 1.165) is 6.42 Å². The van der Waals surface area contributed by atoms with Crippen LogP contribution in [0.15, 0.2) is 0 Å². The fourth-order valence-electron chi connectivity index (χ4n) is 1.97. The Balaban J connectivity index is 3.07.